The van der Waals surface area contributed by atoms with Crippen molar-refractivity contribution < 1.29 is 4.79 Å². The van der Waals surface area contributed by atoms with Gasteiger partial charge in [0.05, 0.1) is 11.7 Å². The Labute approximate surface area is 187 Å². The van der Waals surface area contributed by atoms with Gasteiger partial charge in [-0.05, 0) is 71.7 Å². The first-order valence-electron chi connectivity index (χ1n) is 10.1. The fourth-order valence-corrected chi connectivity index (χ4v) is 3.95. The number of aromatic amines is 1. The molecular formula is C25H24N4OS. The lowest BCUT2D eigenvalue weighted by Gasteiger charge is -2.13. The van der Waals surface area contributed by atoms with Crippen LogP contribution in [0.15, 0.2) is 60.9 Å². The minimum Gasteiger partial charge on any atom is -0.326 e. The van der Waals surface area contributed by atoms with Gasteiger partial charge in [-0.1, -0.05) is 24.3 Å². The molecule has 0 saturated heterocycles. The Kier molecular flexibility index (Phi) is 6.18. The molecule has 2 aromatic carbocycles. The van der Waals surface area contributed by atoms with Crippen LogP contribution in [-0.4, -0.2) is 26.8 Å². The number of carbonyl (C=O) groups is 1. The number of H-pyrrole nitrogens is 1. The molecule has 156 valence electrons. The number of aromatic nitrogens is 3. The number of carbonyl (C=O) groups excluding carboxylic acids is 1. The summed E-state index contributed by atoms with van der Waals surface area (Å²) in [4.78, 5) is 16.0. The third kappa shape index (κ3) is 4.70. The molecule has 0 bridgehead atoms. The van der Waals surface area contributed by atoms with E-state index in [-0.39, 0.29) is 5.91 Å². The molecule has 2 heterocycles. The number of amides is 1. The molecule has 0 saturated carbocycles. The molecule has 6 heteroatoms. The number of hydrogen-bond acceptors (Lipinski definition) is 4. The molecule has 1 amide bonds. The molecule has 4 aromatic rings. The lowest BCUT2D eigenvalue weighted by Crippen LogP contribution is -2.05. The number of benzene rings is 2. The molecule has 0 aliphatic rings. The van der Waals surface area contributed by atoms with Gasteiger partial charge in [0.15, 0.2) is 0 Å². The zero-order valence-corrected chi connectivity index (χ0v) is 18.4. The van der Waals surface area contributed by atoms with Crippen LogP contribution in [0.2, 0.25) is 0 Å². The summed E-state index contributed by atoms with van der Waals surface area (Å²) in [5.41, 5.74) is 8.19. The number of hydrogen-bond donors (Lipinski definition) is 3. The average Bonchev–Trinajstić information content (AvgIpc) is 3.22. The van der Waals surface area contributed by atoms with Crippen LogP contribution in [0.1, 0.15) is 30.2 Å². The third-order valence-corrected chi connectivity index (χ3v) is 5.42. The second-order valence-electron chi connectivity index (χ2n) is 7.43. The highest BCUT2D eigenvalue weighted by atomic mass is 32.1. The zero-order valence-electron chi connectivity index (χ0n) is 17.5. The van der Waals surface area contributed by atoms with Crippen molar-refractivity contribution in [1.82, 2.24) is 15.2 Å². The smallest absolute Gasteiger partial charge is 0.221 e. The Balaban J connectivity index is 1.83. The molecule has 0 aliphatic heterocycles. The van der Waals surface area contributed by atoms with Crippen LogP contribution in [0.3, 0.4) is 0 Å². The van der Waals surface area contributed by atoms with E-state index in [0.717, 1.165) is 56.7 Å². The van der Waals surface area contributed by atoms with Crippen molar-refractivity contribution in [3.63, 3.8) is 0 Å². The molecule has 4 rings (SSSR count). The Morgan fingerprint density at radius 2 is 2.06 bits per heavy atom. The van der Waals surface area contributed by atoms with E-state index >= 15 is 0 Å². The predicted octanol–water partition coefficient (Wildman–Crippen LogP) is 5.75. The summed E-state index contributed by atoms with van der Waals surface area (Å²) in [5, 5.41) is 11.1. The maximum absolute atomic E-state index is 11.5. The first-order chi connectivity index (χ1) is 15.0. The topological polar surface area (TPSA) is 70.7 Å². The van der Waals surface area contributed by atoms with E-state index in [2.05, 4.69) is 57.4 Å². The van der Waals surface area contributed by atoms with E-state index in [4.69, 9.17) is 0 Å². The van der Waals surface area contributed by atoms with E-state index < -0.39 is 0 Å². The van der Waals surface area contributed by atoms with E-state index in [1.807, 2.05) is 49.6 Å². The normalized spacial score (nSPS) is 11.6. The number of anilines is 1. The van der Waals surface area contributed by atoms with Gasteiger partial charge in [0.1, 0.15) is 0 Å². The van der Waals surface area contributed by atoms with Crippen molar-refractivity contribution in [3.8, 4) is 11.1 Å². The van der Waals surface area contributed by atoms with Gasteiger partial charge >= 0.3 is 0 Å². The lowest BCUT2D eigenvalue weighted by atomic mass is 9.94. The van der Waals surface area contributed by atoms with E-state index in [9.17, 15) is 4.79 Å². The number of fused-ring (bicyclic) bond motifs is 1. The minimum atomic E-state index is -0.0894. The van der Waals surface area contributed by atoms with Gasteiger partial charge < -0.3 is 5.32 Å². The van der Waals surface area contributed by atoms with Crippen LogP contribution >= 0.6 is 12.6 Å². The highest BCUT2D eigenvalue weighted by Gasteiger charge is 2.11. The predicted molar refractivity (Wildman–Crippen MR) is 131 cm³/mol. The summed E-state index contributed by atoms with van der Waals surface area (Å²) in [5.74, 6) is 0.646. The fraction of sp³-hybridized carbons (Fsp3) is 0.160. The molecule has 0 unspecified atom stereocenters. The monoisotopic (exact) mass is 428 g/mol. The van der Waals surface area contributed by atoms with Gasteiger partial charge in [-0.15, -0.1) is 0 Å². The summed E-state index contributed by atoms with van der Waals surface area (Å²) < 4.78 is 0. The van der Waals surface area contributed by atoms with E-state index in [1.165, 1.54) is 12.5 Å². The summed E-state index contributed by atoms with van der Waals surface area (Å²) in [6, 6.07) is 16.2. The summed E-state index contributed by atoms with van der Waals surface area (Å²) in [7, 11) is 0. The van der Waals surface area contributed by atoms with Crippen LogP contribution in [0.4, 0.5) is 5.69 Å². The van der Waals surface area contributed by atoms with Gasteiger partial charge in [0, 0.05) is 35.5 Å². The average molecular weight is 429 g/mol. The molecule has 0 atom stereocenters. The molecule has 0 radical (unpaired) electrons. The number of nitrogens with one attached hydrogen (secondary N) is 2. The van der Waals surface area contributed by atoms with Crippen molar-refractivity contribution in [2.24, 2.45) is 0 Å². The number of rotatable bonds is 6. The van der Waals surface area contributed by atoms with Crippen LogP contribution in [-0.2, 0) is 4.79 Å². The zero-order chi connectivity index (χ0) is 21.8. The van der Waals surface area contributed by atoms with Crippen molar-refractivity contribution >= 4 is 46.8 Å². The number of nitrogens with zero attached hydrogens (tertiary/aromatic N) is 2. The fourth-order valence-electron chi connectivity index (χ4n) is 3.71. The molecule has 0 aliphatic carbocycles. The Hall–Kier alpha value is -3.38. The van der Waals surface area contributed by atoms with Gasteiger partial charge in [-0.3, -0.25) is 14.9 Å². The third-order valence-electron chi connectivity index (χ3n) is 5.20. The van der Waals surface area contributed by atoms with E-state index in [1.54, 1.807) is 0 Å². The Morgan fingerprint density at radius 3 is 2.87 bits per heavy atom. The molecule has 31 heavy (non-hydrogen) atoms. The van der Waals surface area contributed by atoms with Crippen LogP contribution in [0.25, 0.3) is 33.7 Å². The van der Waals surface area contributed by atoms with Gasteiger partial charge in [-0.2, -0.15) is 17.7 Å². The number of aryl methyl sites for hydroxylation is 1. The molecule has 2 N–H and O–H groups in total. The van der Waals surface area contributed by atoms with Crippen molar-refractivity contribution in [3.05, 3.63) is 77.7 Å². The van der Waals surface area contributed by atoms with E-state index in [0.29, 0.717) is 0 Å². The number of allylic oxidation sites excluding steroid dienone is 1. The summed E-state index contributed by atoms with van der Waals surface area (Å²) in [6.45, 7) is 3.53. The van der Waals surface area contributed by atoms with Crippen molar-refractivity contribution in [2.75, 3.05) is 11.1 Å². The van der Waals surface area contributed by atoms with Crippen LogP contribution in [0, 0.1) is 6.92 Å². The molecule has 0 spiro atoms. The van der Waals surface area contributed by atoms with Crippen LogP contribution < -0.4 is 5.32 Å². The molecule has 2 aromatic heterocycles. The second kappa shape index (κ2) is 9.18. The maximum Gasteiger partial charge on any atom is 0.221 e. The maximum atomic E-state index is 11.5. The molecular weight excluding hydrogens is 404 g/mol. The van der Waals surface area contributed by atoms with Gasteiger partial charge in [0.25, 0.3) is 0 Å². The quantitative estimate of drug-likeness (QED) is 0.342. The second-order valence-corrected chi connectivity index (χ2v) is 7.88. The summed E-state index contributed by atoms with van der Waals surface area (Å²) >= 11 is 4.49. The van der Waals surface area contributed by atoms with Gasteiger partial charge in [-0.25, -0.2) is 0 Å². The molecule has 0 fully saturated rings. The van der Waals surface area contributed by atoms with Gasteiger partial charge in [0.2, 0.25) is 5.91 Å². The first-order valence-corrected chi connectivity index (χ1v) is 10.8. The Bertz CT molecular complexity index is 1280. The Morgan fingerprint density at radius 1 is 1.19 bits per heavy atom. The van der Waals surface area contributed by atoms with Crippen molar-refractivity contribution in [1.29, 1.82) is 0 Å². The SMILES string of the molecule is CC(=O)Nc1cccc(-c2ccnc(C)c2/C=C(\CCS)c2ccc3cn[nH]c3c2)c1. The number of pyridine rings is 1. The van der Waals surface area contributed by atoms with Crippen LogP contribution in [0.5, 0.6) is 0 Å². The number of thiol groups is 1. The minimum absolute atomic E-state index is 0.0894. The highest BCUT2D eigenvalue weighted by molar-refractivity contribution is 7.80. The molecule has 5 nitrogen and oxygen atoms in total. The standard InChI is InChI=1S/C25H24N4OS/c1-16-24(13-19(9-11-31)18-6-7-21-15-27-29-25(21)14-18)23(8-10-26-16)20-4-3-5-22(12-20)28-17(2)30/h3-8,10,12-15,31H,9,11H2,1-2H3,(H,27,29)(H,28,30)/b19-13+. The lowest BCUT2D eigenvalue weighted by molar-refractivity contribution is -0.114. The summed E-state index contributed by atoms with van der Waals surface area (Å²) in [6.07, 6.45) is 6.67. The largest absolute Gasteiger partial charge is 0.326 e. The highest BCUT2D eigenvalue weighted by Crippen LogP contribution is 2.32. The first kappa shape index (κ1) is 20.9. The van der Waals surface area contributed by atoms with Crippen molar-refractivity contribution in [2.45, 2.75) is 20.3 Å².